The summed E-state index contributed by atoms with van der Waals surface area (Å²) < 4.78 is 4.02. The molecule has 26 heavy (non-hydrogen) atoms. The first-order chi connectivity index (χ1) is 12.5. The van der Waals surface area contributed by atoms with Crippen molar-refractivity contribution in [2.75, 3.05) is 24.6 Å². The van der Waals surface area contributed by atoms with Gasteiger partial charge >= 0.3 is 0 Å². The zero-order chi connectivity index (χ0) is 18.5. The first-order valence-electron chi connectivity index (χ1n) is 8.73. The second kappa shape index (κ2) is 9.19. The van der Waals surface area contributed by atoms with Gasteiger partial charge in [0.05, 0.1) is 21.7 Å². The number of thioether (sulfide) groups is 1. The maximum Gasteiger partial charge on any atom is 0.258 e. The first-order valence-corrected chi connectivity index (χ1v) is 11.5. The van der Waals surface area contributed by atoms with E-state index in [9.17, 15) is 9.59 Å². The standard InChI is InChI=1S/C18H22BrN3O2S2/c1-21-14-7-6-13(19)10-15(14)26-18(21)20-16(23)11-25-12-17(24)22-8-4-2-3-5-9-22/h6-7,10H,2-5,8-9,11-12H2,1H3. The molecule has 5 nitrogen and oxygen atoms in total. The number of aromatic nitrogens is 1. The first kappa shape index (κ1) is 19.6. The molecule has 0 atom stereocenters. The fourth-order valence-electron chi connectivity index (χ4n) is 2.99. The zero-order valence-electron chi connectivity index (χ0n) is 14.7. The minimum Gasteiger partial charge on any atom is -0.342 e. The molecule has 0 aliphatic carbocycles. The van der Waals surface area contributed by atoms with Crippen molar-refractivity contribution in [2.45, 2.75) is 25.7 Å². The van der Waals surface area contributed by atoms with Crippen LogP contribution in [0.25, 0.3) is 10.2 Å². The molecule has 1 aliphatic rings. The van der Waals surface area contributed by atoms with Crippen molar-refractivity contribution in [1.29, 1.82) is 0 Å². The maximum absolute atomic E-state index is 12.3. The van der Waals surface area contributed by atoms with Crippen LogP contribution in [-0.4, -0.2) is 45.9 Å². The summed E-state index contributed by atoms with van der Waals surface area (Å²) in [5, 5.41) is 0. The van der Waals surface area contributed by atoms with Crippen molar-refractivity contribution in [3.05, 3.63) is 27.5 Å². The molecule has 0 spiro atoms. The van der Waals surface area contributed by atoms with Crippen molar-refractivity contribution in [3.63, 3.8) is 0 Å². The molecule has 0 unspecified atom stereocenters. The summed E-state index contributed by atoms with van der Waals surface area (Å²) in [6, 6.07) is 6.01. The summed E-state index contributed by atoms with van der Waals surface area (Å²) in [7, 11) is 1.91. The van der Waals surface area contributed by atoms with E-state index >= 15 is 0 Å². The maximum atomic E-state index is 12.3. The number of fused-ring (bicyclic) bond motifs is 1. The van der Waals surface area contributed by atoms with Crippen molar-refractivity contribution in [3.8, 4) is 0 Å². The van der Waals surface area contributed by atoms with Crippen LogP contribution in [0.2, 0.25) is 0 Å². The molecule has 140 valence electrons. The van der Waals surface area contributed by atoms with E-state index < -0.39 is 0 Å². The third-order valence-corrected chi connectivity index (χ3v) is 6.89. The number of likely N-dealkylation sites (tertiary alicyclic amines) is 1. The van der Waals surface area contributed by atoms with Gasteiger partial charge in [0.25, 0.3) is 5.91 Å². The highest BCUT2D eigenvalue weighted by Gasteiger charge is 2.15. The molecule has 0 radical (unpaired) electrons. The topological polar surface area (TPSA) is 54.7 Å². The highest BCUT2D eigenvalue weighted by Crippen LogP contribution is 2.21. The van der Waals surface area contributed by atoms with E-state index in [0.29, 0.717) is 10.6 Å². The van der Waals surface area contributed by atoms with Crippen LogP contribution in [0.15, 0.2) is 27.7 Å². The van der Waals surface area contributed by atoms with Crippen LogP contribution < -0.4 is 4.80 Å². The van der Waals surface area contributed by atoms with Crippen molar-refractivity contribution >= 4 is 61.1 Å². The molecule has 1 aromatic carbocycles. The number of carbonyl (C=O) groups excluding carboxylic acids is 2. The molecule has 0 saturated carbocycles. The molecular formula is C18H22BrN3O2S2. The van der Waals surface area contributed by atoms with Crippen LogP contribution >= 0.6 is 39.0 Å². The molecule has 2 aromatic rings. The predicted octanol–water partition coefficient (Wildman–Crippen LogP) is 3.57. The Morgan fingerprint density at radius 2 is 1.92 bits per heavy atom. The van der Waals surface area contributed by atoms with E-state index in [-0.39, 0.29) is 17.6 Å². The number of aryl methyl sites for hydroxylation is 1. The van der Waals surface area contributed by atoms with E-state index in [4.69, 9.17) is 0 Å². The zero-order valence-corrected chi connectivity index (χ0v) is 18.0. The Labute approximate surface area is 169 Å². The molecule has 1 aliphatic heterocycles. The third-order valence-electron chi connectivity index (χ3n) is 4.40. The average molecular weight is 456 g/mol. The molecule has 1 aromatic heterocycles. The molecule has 0 bridgehead atoms. The van der Waals surface area contributed by atoms with Crippen molar-refractivity contribution < 1.29 is 9.59 Å². The van der Waals surface area contributed by atoms with Crippen LogP contribution in [-0.2, 0) is 16.6 Å². The number of thiazole rings is 1. The summed E-state index contributed by atoms with van der Waals surface area (Å²) in [4.78, 5) is 31.3. The lowest BCUT2D eigenvalue weighted by molar-refractivity contribution is -0.128. The van der Waals surface area contributed by atoms with Gasteiger partial charge in [0.15, 0.2) is 4.80 Å². The van der Waals surface area contributed by atoms with Gasteiger partial charge in [0, 0.05) is 24.6 Å². The van der Waals surface area contributed by atoms with Gasteiger partial charge in [-0.3, -0.25) is 9.59 Å². The van der Waals surface area contributed by atoms with Crippen LogP contribution in [0.3, 0.4) is 0 Å². The molecule has 1 saturated heterocycles. The van der Waals surface area contributed by atoms with Gasteiger partial charge in [-0.25, -0.2) is 0 Å². The molecule has 0 N–H and O–H groups in total. The van der Waals surface area contributed by atoms with Gasteiger partial charge in [-0.1, -0.05) is 40.1 Å². The summed E-state index contributed by atoms with van der Waals surface area (Å²) in [5.41, 5.74) is 1.05. The van der Waals surface area contributed by atoms with Crippen LogP contribution in [0.1, 0.15) is 25.7 Å². The number of amides is 2. The molecule has 8 heteroatoms. The van der Waals surface area contributed by atoms with Gasteiger partial charge in [0.1, 0.15) is 0 Å². The molecule has 2 amide bonds. The number of hydrogen-bond donors (Lipinski definition) is 0. The number of nitrogens with zero attached hydrogens (tertiary/aromatic N) is 3. The third kappa shape index (κ3) is 4.98. The van der Waals surface area contributed by atoms with E-state index in [1.807, 2.05) is 34.7 Å². The van der Waals surface area contributed by atoms with Crippen molar-refractivity contribution in [1.82, 2.24) is 9.47 Å². The Hall–Kier alpha value is -1.12. The van der Waals surface area contributed by atoms with E-state index in [2.05, 4.69) is 20.9 Å². The van der Waals surface area contributed by atoms with Gasteiger partial charge in [0.2, 0.25) is 5.91 Å². The summed E-state index contributed by atoms with van der Waals surface area (Å²) in [6.45, 7) is 1.70. The Balaban J connectivity index is 1.57. The Morgan fingerprint density at radius 3 is 2.65 bits per heavy atom. The predicted molar refractivity (Wildman–Crippen MR) is 111 cm³/mol. The van der Waals surface area contributed by atoms with E-state index in [0.717, 1.165) is 40.6 Å². The smallest absolute Gasteiger partial charge is 0.258 e. The minimum absolute atomic E-state index is 0.141. The number of hydrogen-bond acceptors (Lipinski definition) is 4. The number of carbonyl (C=O) groups is 2. The minimum atomic E-state index is -0.195. The van der Waals surface area contributed by atoms with Crippen molar-refractivity contribution in [2.24, 2.45) is 12.0 Å². The normalized spacial score (nSPS) is 16.1. The van der Waals surface area contributed by atoms with Gasteiger partial charge in [-0.15, -0.1) is 11.8 Å². The summed E-state index contributed by atoms with van der Waals surface area (Å²) in [6.07, 6.45) is 4.58. The van der Waals surface area contributed by atoms with Gasteiger partial charge < -0.3 is 9.47 Å². The SMILES string of the molecule is Cn1c(=NC(=O)CSCC(=O)N2CCCCCC2)sc2cc(Br)ccc21. The Kier molecular flexibility index (Phi) is 6.94. The summed E-state index contributed by atoms with van der Waals surface area (Å²) >= 11 is 6.31. The Morgan fingerprint density at radius 1 is 1.19 bits per heavy atom. The summed E-state index contributed by atoms with van der Waals surface area (Å²) in [5.74, 6) is 0.534. The largest absolute Gasteiger partial charge is 0.342 e. The van der Waals surface area contributed by atoms with E-state index in [1.54, 1.807) is 0 Å². The second-order valence-electron chi connectivity index (χ2n) is 6.35. The lowest BCUT2D eigenvalue weighted by Gasteiger charge is -2.19. The molecule has 3 rings (SSSR count). The Bertz CT molecular complexity index is 867. The quantitative estimate of drug-likeness (QED) is 0.707. The lowest BCUT2D eigenvalue weighted by atomic mass is 10.2. The average Bonchev–Trinajstić information content (AvgIpc) is 2.81. The highest BCUT2D eigenvalue weighted by atomic mass is 79.9. The number of benzene rings is 1. The number of rotatable bonds is 4. The molecule has 1 fully saturated rings. The van der Waals surface area contributed by atoms with E-state index in [1.165, 1.54) is 35.9 Å². The lowest BCUT2D eigenvalue weighted by Crippen LogP contribution is -2.33. The fourth-order valence-corrected chi connectivity index (χ4v) is 5.28. The fraction of sp³-hybridized carbons (Fsp3) is 0.500. The van der Waals surface area contributed by atoms with Crippen LogP contribution in [0.4, 0.5) is 0 Å². The molecule has 2 heterocycles. The molecular weight excluding hydrogens is 434 g/mol. The van der Waals surface area contributed by atoms with Gasteiger partial charge in [-0.2, -0.15) is 4.99 Å². The number of halogens is 1. The monoisotopic (exact) mass is 455 g/mol. The van der Waals surface area contributed by atoms with Crippen LogP contribution in [0, 0.1) is 0 Å². The highest BCUT2D eigenvalue weighted by molar-refractivity contribution is 9.10. The van der Waals surface area contributed by atoms with Crippen LogP contribution in [0.5, 0.6) is 0 Å². The van der Waals surface area contributed by atoms with Gasteiger partial charge in [-0.05, 0) is 31.0 Å². The second-order valence-corrected chi connectivity index (χ2v) is 9.26.